The van der Waals surface area contributed by atoms with Crippen molar-refractivity contribution >= 4 is 141 Å². The Morgan fingerprint density at radius 2 is 0.421 bits per heavy atom. The molecule has 0 aliphatic heterocycles. The van der Waals surface area contributed by atoms with Crippen molar-refractivity contribution in [2.75, 3.05) is 0 Å². The molecule has 8 aromatic heterocycles. The second kappa shape index (κ2) is 15.4. The van der Waals surface area contributed by atoms with E-state index < -0.39 is 37.7 Å². The number of hydrogen-bond acceptors (Lipinski definition) is 8. The Balaban J connectivity index is 1.36. The molecule has 0 radical (unpaired) electrons. The molecule has 0 nitrogen and oxygen atoms in total. The van der Waals surface area contributed by atoms with Gasteiger partial charge in [0.1, 0.15) is 5.41 Å². The molecule has 8 heterocycles. The molecule has 0 aromatic carbocycles. The topological polar surface area (TPSA) is 0 Å². The third kappa shape index (κ3) is 8.29. The zero-order valence-electron chi connectivity index (χ0n) is 35.0. The molecule has 0 atom stereocenters. The van der Waals surface area contributed by atoms with Gasteiger partial charge in [-0.25, -0.2) is 0 Å². The Labute approximate surface area is 376 Å². The normalized spacial score (nSPS) is 13.3. The van der Waals surface area contributed by atoms with Crippen LogP contribution in [-0.4, -0.2) is 32.3 Å². The molecule has 0 saturated heterocycles. The van der Waals surface area contributed by atoms with Gasteiger partial charge in [0.2, 0.25) is 0 Å². The van der Waals surface area contributed by atoms with Gasteiger partial charge in [-0.15, -0.1) is 90.7 Å². The van der Waals surface area contributed by atoms with Crippen molar-refractivity contribution in [1.29, 1.82) is 0 Å². The van der Waals surface area contributed by atoms with Crippen LogP contribution in [-0.2, 0) is 5.41 Å². The van der Waals surface area contributed by atoms with E-state index in [4.69, 9.17) is 0 Å². The van der Waals surface area contributed by atoms with E-state index in [2.05, 4.69) is 176 Å². The van der Waals surface area contributed by atoms with Gasteiger partial charge in [-0.3, -0.25) is 0 Å². The minimum absolute atomic E-state index is 0.437. The van der Waals surface area contributed by atoms with Gasteiger partial charge in [0.05, 0.1) is 32.3 Å². The predicted molar refractivity (Wildman–Crippen MR) is 281 cm³/mol. The van der Waals surface area contributed by atoms with E-state index in [9.17, 15) is 0 Å². The van der Waals surface area contributed by atoms with Gasteiger partial charge >= 0.3 is 0 Å². The zero-order chi connectivity index (χ0) is 40.7. The molecule has 0 fully saturated rings. The third-order valence-corrected chi connectivity index (χ3v) is 34.6. The molecule has 57 heavy (non-hydrogen) atoms. The van der Waals surface area contributed by atoms with Crippen LogP contribution >= 0.6 is 90.7 Å². The maximum atomic E-state index is 2.48. The lowest BCUT2D eigenvalue weighted by molar-refractivity contribution is 0.823. The van der Waals surface area contributed by atoms with Crippen molar-refractivity contribution in [1.82, 2.24) is 0 Å². The fraction of sp³-hybridized carbons (Fsp3) is 0.289. The maximum absolute atomic E-state index is 2.48. The molecule has 0 aliphatic rings. The second-order valence-electron chi connectivity index (χ2n) is 19.1. The van der Waals surface area contributed by atoms with Crippen LogP contribution in [0, 0.1) is 0 Å². The molecule has 0 aliphatic carbocycles. The van der Waals surface area contributed by atoms with Gasteiger partial charge in [-0.1, -0.05) is 103 Å². The average molecular weight is 962 g/mol. The molecule has 0 saturated carbocycles. The Morgan fingerprint density at radius 3 is 0.596 bits per heavy atom. The van der Waals surface area contributed by atoms with Gasteiger partial charge in [0.25, 0.3) is 0 Å². The third-order valence-electron chi connectivity index (χ3n) is 10.3. The summed E-state index contributed by atoms with van der Waals surface area (Å²) >= 11 is 16.1. The minimum Gasteiger partial charge on any atom is -0.144 e. The summed E-state index contributed by atoms with van der Waals surface area (Å²) in [6.45, 7) is 29.6. The molecular formula is C45H52S8Si4. The van der Waals surface area contributed by atoms with Crippen LogP contribution in [0.5, 0.6) is 0 Å². The van der Waals surface area contributed by atoms with Crippen LogP contribution in [0.15, 0.2) is 97.1 Å². The lowest BCUT2D eigenvalue weighted by Gasteiger charge is -2.31. The Kier molecular flexibility index (Phi) is 11.4. The largest absolute Gasteiger partial charge is 0.144 e. The monoisotopic (exact) mass is 960 g/mol. The van der Waals surface area contributed by atoms with Crippen LogP contribution in [0.25, 0.3) is 39.0 Å². The molecule has 8 aromatic rings. The first-order valence-corrected chi connectivity index (χ1v) is 40.1. The Hall–Kier alpha value is -1.53. The molecule has 296 valence electrons. The van der Waals surface area contributed by atoms with Gasteiger partial charge in [0.15, 0.2) is 0 Å². The number of hydrogen-bond donors (Lipinski definition) is 0. The fourth-order valence-corrected chi connectivity index (χ4v) is 24.2. The highest BCUT2D eigenvalue weighted by Crippen LogP contribution is 2.56. The minimum atomic E-state index is -1.41. The predicted octanol–water partition coefficient (Wildman–Crippen LogP) is 15.4. The molecule has 12 heteroatoms. The molecule has 0 amide bonds. The maximum Gasteiger partial charge on any atom is 0.107 e. The summed E-state index contributed by atoms with van der Waals surface area (Å²) in [4.78, 5) is 16.7. The quantitative estimate of drug-likeness (QED) is 0.107. The van der Waals surface area contributed by atoms with Crippen molar-refractivity contribution in [3.8, 4) is 39.0 Å². The van der Waals surface area contributed by atoms with Crippen LogP contribution in [0.4, 0.5) is 0 Å². The Bertz CT molecular complexity index is 2280. The fourth-order valence-electron chi connectivity index (χ4n) is 6.91. The lowest BCUT2D eigenvalue weighted by atomic mass is 9.81. The van der Waals surface area contributed by atoms with Gasteiger partial charge in [0, 0.05) is 58.5 Å². The van der Waals surface area contributed by atoms with E-state index in [1.165, 1.54) is 58.5 Å². The van der Waals surface area contributed by atoms with E-state index in [0.29, 0.717) is 0 Å². The van der Waals surface area contributed by atoms with E-state index in [1.54, 1.807) is 18.0 Å². The summed E-state index contributed by atoms with van der Waals surface area (Å²) in [5, 5.41) is 0. The summed E-state index contributed by atoms with van der Waals surface area (Å²) in [5.41, 5.74) is -0.437. The summed E-state index contributed by atoms with van der Waals surface area (Å²) in [5.74, 6) is 0. The first kappa shape index (κ1) is 42.2. The van der Waals surface area contributed by atoms with Gasteiger partial charge in [-0.2, -0.15) is 0 Å². The highest BCUT2D eigenvalue weighted by Gasteiger charge is 2.44. The molecule has 0 N–H and O–H groups in total. The van der Waals surface area contributed by atoms with Crippen LogP contribution in [0.3, 0.4) is 0 Å². The molecule has 0 spiro atoms. The highest BCUT2D eigenvalue weighted by atomic mass is 32.1. The average Bonchev–Trinajstić information content (AvgIpc) is 3.98. The first-order valence-electron chi connectivity index (χ1n) is 19.6. The van der Waals surface area contributed by atoms with Crippen molar-refractivity contribution in [2.45, 2.75) is 84.0 Å². The van der Waals surface area contributed by atoms with Gasteiger partial charge in [-0.05, 0) is 90.8 Å². The van der Waals surface area contributed by atoms with Crippen molar-refractivity contribution in [3.63, 3.8) is 0 Å². The highest BCUT2D eigenvalue weighted by molar-refractivity contribution is 7.33. The van der Waals surface area contributed by atoms with E-state index in [1.807, 2.05) is 90.7 Å². The first-order chi connectivity index (χ1) is 26.7. The van der Waals surface area contributed by atoms with Gasteiger partial charge < -0.3 is 0 Å². The molecular weight excluding hydrogens is 909 g/mol. The van der Waals surface area contributed by atoms with Crippen molar-refractivity contribution in [3.05, 3.63) is 117 Å². The summed E-state index contributed by atoms with van der Waals surface area (Å²) < 4.78 is 6.29. The number of thiophene rings is 8. The van der Waals surface area contributed by atoms with Crippen LogP contribution in [0.1, 0.15) is 19.5 Å². The van der Waals surface area contributed by atoms with Crippen LogP contribution in [0.2, 0.25) is 78.6 Å². The second-order valence-corrected chi connectivity index (χ2v) is 49.3. The lowest BCUT2D eigenvalue weighted by Crippen LogP contribution is -2.34. The number of rotatable bonds is 12. The molecule has 8 rings (SSSR count). The summed E-state index contributed by atoms with van der Waals surface area (Å²) in [7, 11) is -5.66. The zero-order valence-corrected chi connectivity index (χ0v) is 45.5. The summed E-state index contributed by atoms with van der Waals surface area (Å²) in [6, 6.07) is 38.8. The van der Waals surface area contributed by atoms with E-state index in [-0.39, 0.29) is 0 Å². The standard InChI is InChI=1S/C45H52S8Si4/c1-54(2,3)41-25-17-33(50-41)29-13-21-37(46-29)45(38-22-14-30(47-38)34-18-26-42(51-34)55(4,5)6,39-23-15-31(48-39)35-19-27-43(52-35)56(7,8)9)40-24-16-32(49-40)36-20-28-44(53-36)57(10,11)12/h13-28H,1-12H3. The molecule has 0 unspecified atom stereocenters. The SMILES string of the molecule is C[Si](C)(C)c1ccc(-c2ccc(C(c3ccc(-c4ccc([Si](C)(C)C)s4)s3)(c3ccc(-c4ccc([Si](C)(C)C)s4)s3)c3ccc(-c4ccc([Si](C)(C)C)s4)s3)s2)s1. The van der Waals surface area contributed by atoms with Crippen LogP contribution < -0.4 is 18.0 Å². The Morgan fingerprint density at radius 1 is 0.246 bits per heavy atom. The van der Waals surface area contributed by atoms with Crippen molar-refractivity contribution < 1.29 is 0 Å². The smallest absolute Gasteiger partial charge is 0.107 e. The van der Waals surface area contributed by atoms with E-state index in [0.717, 1.165) is 0 Å². The van der Waals surface area contributed by atoms with E-state index >= 15 is 0 Å². The van der Waals surface area contributed by atoms with Crippen molar-refractivity contribution in [2.24, 2.45) is 0 Å². The molecule has 0 bridgehead atoms. The summed E-state index contributed by atoms with van der Waals surface area (Å²) in [6.07, 6.45) is 0.